The molecule has 0 spiro atoms. The summed E-state index contributed by atoms with van der Waals surface area (Å²) in [4.78, 5) is 12.8. The molecule has 1 aliphatic rings. The Hall–Kier alpha value is -1.13. The minimum absolute atomic E-state index is 0.152. The molecule has 1 aromatic carbocycles. The summed E-state index contributed by atoms with van der Waals surface area (Å²) in [6.07, 6.45) is 2.00. The van der Waals surface area contributed by atoms with Gasteiger partial charge in [0, 0.05) is 19.5 Å². The molecule has 0 aliphatic carbocycles. The van der Waals surface area contributed by atoms with E-state index in [9.17, 15) is 9.18 Å². The number of rotatable bonds is 5. The Labute approximate surface area is 117 Å². The van der Waals surface area contributed by atoms with Crippen LogP contribution in [0.5, 0.6) is 0 Å². The number of hydrogen-bond donors (Lipinski definition) is 1. The molecule has 1 aromatic rings. The normalized spacial score (nSPS) is 19.8. The second-order valence-corrected chi connectivity index (χ2v) is 5.48. The summed E-state index contributed by atoms with van der Waals surface area (Å²) in [6, 6.07) is 4.78. The molecule has 1 unspecified atom stereocenters. The van der Waals surface area contributed by atoms with Crippen LogP contribution >= 0.6 is 11.6 Å². The molecule has 1 N–H and O–H groups in total. The van der Waals surface area contributed by atoms with Gasteiger partial charge in [0.15, 0.2) is 0 Å². The van der Waals surface area contributed by atoms with Crippen LogP contribution in [-0.4, -0.2) is 29.1 Å². The van der Waals surface area contributed by atoms with Gasteiger partial charge >= 0.3 is 5.97 Å². The number of halogens is 2. The topological polar surface area (TPSA) is 40.5 Å². The Balaban J connectivity index is 1.84. The van der Waals surface area contributed by atoms with Gasteiger partial charge in [-0.1, -0.05) is 17.7 Å². The molecular weight excluding hydrogens is 269 g/mol. The van der Waals surface area contributed by atoms with Crippen molar-refractivity contribution < 1.29 is 14.3 Å². The first-order valence-electron chi connectivity index (χ1n) is 6.42. The van der Waals surface area contributed by atoms with Crippen molar-refractivity contribution in [2.24, 2.45) is 5.92 Å². The summed E-state index contributed by atoms with van der Waals surface area (Å²) in [6.45, 7) is 2.60. The van der Waals surface area contributed by atoms with Crippen LogP contribution in [0.25, 0.3) is 0 Å². The van der Waals surface area contributed by atoms with Crippen molar-refractivity contribution in [3.05, 3.63) is 34.6 Å². The Kier molecular flexibility index (Phi) is 4.77. The molecule has 1 atom stereocenters. The van der Waals surface area contributed by atoms with Crippen LogP contribution in [0.2, 0.25) is 5.02 Å². The first-order valence-corrected chi connectivity index (χ1v) is 6.80. The van der Waals surface area contributed by atoms with E-state index >= 15 is 0 Å². The molecule has 0 radical (unpaired) electrons. The van der Waals surface area contributed by atoms with Crippen molar-refractivity contribution in [3.63, 3.8) is 0 Å². The highest BCUT2D eigenvalue weighted by Gasteiger charge is 2.22. The number of carbonyl (C=O) groups is 1. The Bertz CT molecular complexity index is 467. The van der Waals surface area contributed by atoms with Crippen molar-refractivity contribution >= 4 is 17.6 Å². The molecule has 2 rings (SSSR count). The smallest absolute Gasteiger partial charge is 0.303 e. The van der Waals surface area contributed by atoms with Gasteiger partial charge in [-0.25, -0.2) is 4.39 Å². The largest absolute Gasteiger partial charge is 0.481 e. The monoisotopic (exact) mass is 285 g/mol. The molecule has 1 fully saturated rings. The number of aliphatic carboxylic acids is 1. The summed E-state index contributed by atoms with van der Waals surface area (Å²) in [5.41, 5.74) is 0.991. The van der Waals surface area contributed by atoms with Crippen LogP contribution in [0.1, 0.15) is 24.8 Å². The predicted octanol–water partition coefficient (Wildman–Crippen LogP) is 3.17. The summed E-state index contributed by atoms with van der Waals surface area (Å²) < 4.78 is 13.0. The van der Waals surface area contributed by atoms with Crippen LogP contribution in [0.15, 0.2) is 18.2 Å². The van der Waals surface area contributed by atoms with Crippen molar-refractivity contribution in [2.45, 2.75) is 25.8 Å². The number of carboxylic acid groups (broad SMARTS) is 1. The molecule has 0 saturated carbocycles. The van der Waals surface area contributed by atoms with E-state index in [-0.39, 0.29) is 11.4 Å². The van der Waals surface area contributed by atoms with E-state index in [0.29, 0.717) is 5.92 Å². The van der Waals surface area contributed by atoms with E-state index in [2.05, 4.69) is 4.90 Å². The lowest BCUT2D eigenvalue weighted by atomic mass is 10.0. The van der Waals surface area contributed by atoms with Crippen molar-refractivity contribution in [3.8, 4) is 0 Å². The quantitative estimate of drug-likeness (QED) is 0.903. The van der Waals surface area contributed by atoms with Crippen LogP contribution in [0.4, 0.5) is 4.39 Å². The molecular formula is C14H17ClFNO2. The SMILES string of the molecule is O=C(O)CCC1CCN(Cc2ccc(F)c(Cl)c2)C1. The van der Waals surface area contributed by atoms with Crippen LogP contribution in [0, 0.1) is 11.7 Å². The first-order chi connectivity index (χ1) is 9.04. The zero-order chi connectivity index (χ0) is 13.8. The minimum atomic E-state index is -0.733. The Morgan fingerprint density at radius 1 is 1.53 bits per heavy atom. The average Bonchev–Trinajstić information content (AvgIpc) is 2.79. The molecule has 1 saturated heterocycles. The highest BCUT2D eigenvalue weighted by molar-refractivity contribution is 6.30. The minimum Gasteiger partial charge on any atom is -0.481 e. The number of hydrogen-bond acceptors (Lipinski definition) is 2. The number of nitrogens with zero attached hydrogens (tertiary/aromatic N) is 1. The molecule has 104 valence electrons. The van der Waals surface area contributed by atoms with E-state index in [1.54, 1.807) is 12.1 Å². The predicted molar refractivity (Wildman–Crippen MR) is 71.7 cm³/mol. The van der Waals surface area contributed by atoms with Gasteiger partial charge in [0.05, 0.1) is 5.02 Å². The lowest BCUT2D eigenvalue weighted by Crippen LogP contribution is -2.20. The molecule has 19 heavy (non-hydrogen) atoms. The highest BCUT2D eigenvalue weighted by atomic mass is 35.5. The maximum atomic E-state index is 13.0. The molecule has 1 heterocycles. The van der Waals surface area contributed by atoms with Gasteiger partial charge in [0.1, 0.15) is 5.82 Å². The van der Waals surface area contributed by atoms with Gasteiger partial charge in [-0.15, -0.1) is 0 Å². The van der Waals surface area contributed by atoms with Crippen molar-refractivity contribution in [2.75, 3.05) is 13.1 Å². The lowest BCUT2D eigenvalue weighted by molar-refractivity contribution is -0.137. The standard InChI is InChI=1S/C14H17ClFNO2/c15-12-7-11(1-3-13(12)16)9-17-6-5-10(8-17)2-4-14(18)19/h1,3,7,10H,2,4-6,8-9H2,(H,18,19). The Morgan fingerprint density at radius 3 is 3.00 bits per heavy atom. The molecule has 3 nitrogen and oxygen atoms in total. The average molecular weight is 286 g/mol. The fourth-order valence-corrected chi connectivity index (χ4v) is 2.72. The highest BCUT2D eigenvalue weighted by Crippen LogP contribution is 2.24. The third-order valence-electron chi connectivity index (χ3n) is 3.53. The van der Waals surface area contributed by atoms with Gasteiger partial charge in [0.25, 0.3) is 0 Å². The zero-order valence-electron chi connectivity index (χ0n) is 10.6. The van der Waals surface area contributed by atoms with Crippen LogP contribution in [0.3, 0.4) is 0 Å². The van der Waals surface area contributed by atoms with Gasteiger partial charge in [0.2, 0.25) is 0 Å². The molecule has 0 bridgehead atoms. The first kappa shape index (κ1) is 14.3. The molecule has 0 aromatic heterocycles. The summed E-state index contributed by atoms with van der Waals surface area (Å²) in [5.74, 6) is -0.679. The molecule has 0 amide bonds. The second-order valence-electron chi connectivity index (χ2n) is 5.07. The van der Waals surface area contributed by atoms with E-state index in [1.807, 2.05) is 0 Å². The maximum Gasteiger partial charge on any atom is 0.303 e. The fraction of sp³-hybridized carbons (Fsp3) is 0.500. The summed E-state index contributed by atoms with van der Waals surface area (Å²) >= 11 is 5.75. The second kappa shape index (κ2) is 6.35. The Morgan fingerprint density at radius 2 is 2.32 bits per heavy atom. The van der Waals surface area contributed by atoms with Crippen molar-refractivity contribution in [1.29, 1.82) is 0 Å². The number of benzene rings is 1. The zero-order valence-corrected chi connectivity index (χ0v) is 11.4. The third kappa shape index (κ3) is 4.18. The van der Waals surface area contributed by atoms with E-state index in [1.165, 1.54) is 6.07 Å². The summed E-state index contributed by atoms with van der Waals surface area (Å²) in [7, 11) is 0. The van der Waals surface area contributed by atoms with Crippen molar-refractivity contribution in [1.82, 2.24) is 4.90 Å². The molecule has 5 heteroatoms. The van der Waals surface area contributed by atoms with E-state index < -0.39 is 11.8 Å². The molecule has 1 aliphatic heterocycles. The van der Waals surface area contributed by atoms with E-state index in [0.717, 1.165) is 38.0 Å². The van der Waals surface area contributed by atoms with Gasteiger partial charge in [-0.3, -0.25) is 9.69 Å². The van der Waals surface area contributed by atoms with Gasteiger partial charge in [-0.2, -0.15) is 0 Å². The third-order valence-corrected chi connectivity index (χ3v) is 3.82. The van der Waals surface area contributed by atoms with Gasteiger partial charge < -0.3 is 5.11 Å². The van der Waals surface area contributed by atoms with Crippen LogP contribution in [-0.2, 0) is 11.3 Å². The van der Waals surface area contributed by atoms with Crippen LogP contribution < -0.4 is 0 Å². The summed E-state index contributed by atoms with van der Waals surface area (Å²) in [5, 5.41) is 8.82. The lowest BCUT2D eigenvalue weighted by Gasteiger charge is -2.16. The fourth-order valence-electron chi connectivity index (χ4n) is 2.52. The van der Waals surface area contributed by atoms with Gasteiger partial charge in [-0.05, 0) is 43.0 Å². The number of likely N-dealkylation sites (tertiary alicyclic amines) is 1. The van der Waals surface area contributed by atoms with E-state index in [4.69, 9.17) is 16.7 Å². The maximum absolute atomic E-state index is 13.0. The number of carboxylic acids is 1.